The maximum absolute atomic E-state index is 11.7. The summed E-state index contributed by atoms with van der Waals surface area (Å²) < 4.78 is 0. The molecule has 1 aliphatic carbocycles. The highest BCUT2D eigenvalue weighted by Crippen LogP contribution is 2.27. The lowest BCUT2D eigenvalue weighted by Crippen LogP contribution is -2.17. The molecule has 0 heterocycles. The molecule has 1 aromatic carbocycles. The molecule has 0 spiro atoms. The number of nitro benzene ring substituents is 1. The molecule has 1 amide bonds. The van der Waals surface area contributed by atoms with E-state index < -0.39 is 17.1 Å². The minimum Gasteiger partial charge on any atom is -0.390 e. The van der Waals surface area contributed by atoms with Crippen molar-refractivity contribution >= 4 is 17.3 Å². The number of hydrogen-bond acceptors (Lipinski definition) is 5. The molecular formula is C14H16N2O5. The third kappa shape index (κ3) is 4.11. The number of aliphatic hydroxyl groups excluding tert-OH is 2. The van der Waals surface area contributed by atoms with E-state index in [2.05, 4.69) is 5.32 Å². The Morgan fingerprint density at radius 1 is 1.24 bits per heavy atom. The maximum Gasteiger partial charge on any atom is 0.269 e. The average Bonchev–Trinajstić information content (AvgIpc) is 2.76. The lowest BCUT2D eigenvalue weighted by Gasteiger charge is -2.03. The fourth-order valence-electron chi connectivity index (χ4n) is 2.26. The van der Waals surface area contributed by atoms with E-state index in [0.717, 1.165) is 0 Å². The zero-order chi connectivity index (χ0) is 15.4. The molecule has 2 rings (SSSR count). The Hall–Kier alpha value is -2.25. The average molecular weight is 292 g/mol. The maximum atomic E-state index is 11.7. The Kier molecular flexibility index (Phi) is 4.66. The van der Waals surface area contributed by atoms with Crippen LogP contribution in [0, 0.1) is 16.0 Å². The van der Waals surface area contributed by atoms with Crippen LogP contribution in [0.15, 0.2) is 36.4 Å². The van der Waals surface area contributed by atoms with Crippen molar-refractivity contribution in [3.05, 3.63) is 46.5 Å². The van der Waals surface area contributed by atoms with Crippen LogP contribution in [0.5, 0.6) is 0 Å². The Morgan fingerprint density at radius 3 is 2.33 bits per heavy atom. The minimum absolute atomic E-state index is 0.0300. The first-order valence-electron chi connectivity index (χ1n) is 6.55. The van der Waals surface area contributed by atoms with Gasteiger partial charge in [0.05, 0.1) is 17.1 Å². The molecule has 0 saturated heterocycles. The fraction of sp³-hybridized carbons (Fsp3) is 0.357. The number of benzene rings is 1. The van der Waals surface area contributed by atoms with Crippen molar-refractivity contribution in [2.75, 3.05) is 5.32 Å². The van der Waals surface area contributed by atoms with E-state index in [0.29, 0.717) is 18.5 Å². The van der Waals surface area contributed by atoms with E-state index in [1.165, 1.54) is 30.3 Å². The summed E-state index contributed by atoms with van der Waals surface area (Å²) >= 11 is 0. The summed E-state index contributed by atoms with van der Waals surface area (Å²) in [5, 5.41) is 31.9. The summed E-state index contributed by atoms with van der Waals surface area (Å²) in [4.78, 5) is 21.7. The molecule has 3 atom stereocenters. The van der Waals surface area contributed by atoms with Crippen molar-refractivity contribution in [3.63, 3.8) is 0 Å². The highest BCUT2D eigenvalue weighted by molar-refractivity contribution is 5.99. The Labute approximate surface area is 121 Å². The second-order valence-corrected chi connectivity index (χ2v) is 5.02. The number of carbonyl (C=O) groups is 1. The van der Waals surface area contributed by atoms with Gasteiger partial charge >= 0.3 is 0 Å². The molecule has 0 aromatic heterocycles. The van der Waals surface area contributed by atoms with Crippen LogP contribution < -0.4 is 5.32 Å². The summed E-state index contributed by atoms with van der Waals surface area (Å²) in [7, 11) is 0. The van der Waals surface area contributed by atoms with Gasteiger partial charge in [0.15, 0.2) is 0 Å². The van der Waals surface area contributed by atoms with Gasteiger partial charge in [-0.3, -0.25) is 14.9 Å². The largest absolute Gasteiger partial charge is 0.390 e. The number of carbonyl (C=O) groups excluding carboxylic acids is 1. The Bertz CT molecular complexity index is 545. The predicted octanol–water partition coefficient (Wildman–Crippen LogP) is 1.22. The normalized spacial score (nSPS) is 25.1. The van der Waals surface area contributed by atoms with Crippen LogP contribution in [-0.2, 0) is 4.79 Å². The number of nitro groups is 1. The van der Waals surface area contributed by atoms with Gasteiger partial charge in [0.25, 0.3) is 5.69 Å². The first-order valence-corrected chi connectivity index (χ1v) is 6.55. The van der Waals surface area contributed by atoms with Gasteiger partial charge in [0.1, 0.15) is 0 Å². The van der Waals surface area contributed by atoms with Gasteiger partial charge in [-0.05, 0) is 37.0 Å². The van der Waals surface area contributed by atoms with Gasteiger partial charge in [0, 0.05) is 17.8 Å². The van der Waals surface area contributed by atoms with Crippen molar-refractivity contribution in [1.29, 1.82) is 0 Å². The topological polar surface area (TPSA) is 113 Å². The van der Waals surface area contributed by atoms with Crippen molar-refractivity contribution in [2.24, 2.45) is 5.92 Å². The van der Waals surface area contributed by atoms with Gasteiger partial charge in [0.2, 0.25) is 5.91 Å². The second-order valence-electron chi connectivity index (χ2n) is 5.02. The second kappa shape index (κ2) is 6.47. The quantitative estimate of drug-likeness (QED) is 0.439. The SMILES string of the molecule is O=C(/C=C/C1C[C@@H](O)[C@@H](O)C1)Nc1ccc([N+](=O)[O-])cc1. The molecule has 1 aliphatic rings. The summed E-state index contributed by atoms with van der Waals surface area (Å²) in [6.07, 6.45) is 2.39. The van der Waals surface area contributed by atoms with Crippen LogP contribution in [0.4, 0.5) is 11.4 Å². The molecule has 1 aromatic rings. The van der Waals surface area contributed by atoms with E-state index in [9.17, 15) is 25.1 Å². The molecule has 0 bridgehead atoms. The van der Waals surface area contributed by atoms with Crippen molar-refractivity contribution in [2.45, 2.75) is 25.0 Å². The first kappa shape index (κ1) is 15.1. The molecule has 7 nitrogen and oxygen atoms in total. The third-order valence-corrected chi connectivity index (χ3v) is 3.40. The molecule has 112 valence electrons. The van der Waals surface area contributed by atoms with E-state index in [1.807, 2.05) is 0 Å². The number of hydrogen-bond donors (Lipinski definition) is 3. The number of nitrogens with zero attached hydrogens (tertiary/aromatic N) is 1. The summed E-state index contributed by atoms with van der Waals surface area (Å²) in [6.45, 7) is 0. The summed E-state index contributed by atoms with van der Waals surface area (Å²) in [6, 6.07) is 5.52. The molecule has 21 heavy (non-hydrogen) atoms. The Balaban J connectivity index is 1.88. The third-order valence-electron chi connectivity index (χ3n) is 3.40. The molecular weight excluding hydrogens is 276 g/mol. The zero-order valence-electron chi connectivity index (χ0n) is 11.2. The van der Waals surface area contributed by atoms with Gasteiger partial charge in [-0.2, -0.15) is 0 Å². The number of rotatable bonds is 4. The van der Waals surface area contributed by atoms with Crippen LogP contribution in [0.1, 0.15) is 12.8 Å². The molecule has 7 heteroatoms. The van der Waals surface area contributed by atoms with Crippen LogP contribution in [-0.4, -0.2) is 33.3 Å². The van der Waals surface area contributed by atoms with E-state index >= 15 is 0 Å². The van der Waals surface area contributed by atoms with Crippen LogP contribution in [0.25, 0.3) is 0 Å². The van der Waals surface area contributed by atoms with E-state index in [-0.39, 0.29) is 17.5 Å². The number of allylic oxidation sites excluding steroid dienone is 1. The van der Waals surface area contributed by atoms with Gasteiger partial charge in [-0.25, -0.2) is 0 Å². The minimum atomic E-state index is -0.739. The van der Waals surface area contributed by atoms with Crippen LogP contribution in [0.2, 0.25) is 0 Å². The summed E-state index contributed by atoms with van der Waals surface area (Å²) in [5.41, 5.74) is 0.416. The van der Waals surface area contributed by atoms with E-state index in [4.69, 9.17) is 0 Å². The van der Waals surface area contributed by atoms with Crippen molar-refractivity contribution in [3.8, 4) is 0 Å². The van der Waals surface area contributed by atoms with Gasteiger partial charge in [-0.15, -0.1) is 0 Å². The first-order chi connectivity index (χ1) is 9.95. The zero-order valence-corrected chi connectivity index (χ0v) is 11.2. The van der Waals surface area contributed by atoms with Crippen LogP contribution >= 0.6 is 0 Å². The monoisotopic (exact) mass is 292 g/mol. The lowest BCUT2D eigenvalue weighted by atomic mass is 10.1. The summed E-state index contributed by atoms with van der Waals surface area (Å²) in [5.74, 6) is -0.391. The molecule has 0 radical (unpaired) electrons. The number of non-ortho nitro benzene ring substituents is 1. The lowest BCUT2D eigenvalue weighted by molar-refractivity contribution is -0.384. The predicted molar refractivity (Wildman–Crippen MR) is 75.6 cm³/mol. The van der Waals surface area contributed by atoms with Gasteiger partial charge < -0.3 is 15.5 Å². The molecule has 0 aliphatic heterocycles. The van der Waals surface area contributed by atoms with E-state index in [1.54, 1.807) is 6.08 Å². The molecule has 1 saturated carbocycles. The standard InChI is InChI=1S/C14H16N2O5/c17-12-7-9(8-13(12)18)1-6-14(19)15-10-2-4-11(5-3-10)16(20)21/h1-6,9,12-13,17-18H,7-8H2,(H,15,19)/b6-1+/t9?,12-,13+. The number of amides is 1. The number of anilines is 1. The van der Waals surface area contributed by atoms with Crippen molar-refractivity contribution < 1.29 is 19.9 Å². The number of nitrogens with one attached hydrogen (secondary N) is 1. The van der Waals surface area contributed by atoms with Crippen LogP contribution in [0.3, 0.4) is 0 Å². The molecule has 1 unspecified atom stereocenters. The molecule has 1 fully saturated rings. The fourth-order valence-corrected chi connectivity index (χ4v) is 2.26. The molecule has 3 N–H and O–H groups in total. The highest BCUT2D eigenvalue weighted by Gasteiger charge is 2.29. The highest BCUT2D eigenvalue weighted by atomic mass is 16.6. The Morgan fingerprint density at radius 2 is 1.81 bits per heavy atom. The smallest absolute Gasteiger partial charge is 0.269 e. The van der Waals surface area contributed by atoms with Crippen molar-refractivity contribution in [1.82, 2.24) is 0 Å². The van der Waals surface area contributed by atoms with Gasteiger partial charge in [-0.1, -0.05) is 6.08 Å². The number of aliphatic hydroxyl groups is 2.